The number of hydrogen-bond donors (Lipinski definition) is 0. The molecule has 3 nitrogen and oxygen atoms in total. The fourth-order valence-corrected chi connectivity index (χ4v) is 1.47. The summed E-state index contributed by atoms with van der Waals surface area (Å²) >= 11 is 5.98. The number of ether oxygens (including phenoxy) is 1. The zero-order valence-electron chi connectivity index (χ0n) is 7.70. The Morgan fingerprint density at radius 1 is 1.36 bits per heavy atom. The summed E-state index contributed by atoms with van der Waals surface area (Å²) in [5.41, 5.74) is 1.52. The summed E-state index contributed by atoms with van der Waals surface area (Å²) in [4.78, 5) is 8.44. The average Bonchev–Trinajstić information content (AvgIpc) is 2.18. The van der Waals surface area contributed by atoms with Gasteiger partial charge in [0.15, 0.2) is 5.65 Å². The molecule has 0 aliphatic heterocycles. The zero-order valence-corrected chi connectivity index (χ0v) is 8.45. The largest absolute Gasteiger partial charge is 0.378 e. The maximum absolute atomic E-state index is 5.98. The number of hydrogen-bond acceptors (Lipinski definition) is 3. The minimum Gasteiger partial charge on any atom is -0.378 e. The lowest BCUT2D eigenvalue weighted by atomic mass is 10.2. The quantitative estimate of drug-likeness (QED) is 0.761. The van der Waals surface area contributed by atoms with E-state index in [1.807, 2.05) is 12.1 Å². The van der Waals surface area contributed by atoms with Gasteiger partial charge < -0.3 is 4.74 Å². The molecule has 0 saturated heterocycles. The second-order valence-corrected chi connectivity index (χ2v) is 3.31. The van der Waals surface area contributed by atoms with Crippen LogP contribution in [0.1, 0.15) is 5.69 Å². The molecule has 0 unspecified atom stereocenters. The third-order valence-electron chi connectivity index (χ3n) is 1.90. The van der Waals surface area contributed by atoms with Crippen LogP contribution in [0.5, 0.6) is 0 Å². The Labute approximate surface area is 86.7 Å². The van der Waals surface area contributed by atoms with Crippen LogP contribution in [0.3, 0.4) is 0 Å². The molecule has 2 aromatic rings. The predicted octanol–water partition coefficient (Wildman–Crippen LogP) is 2.43. The average molecular weight is 209 g/mol. The molecule has 0 atom stereocenters. The number of nitrogens with zero attached hydrogens (tertiary/aromatic N) is 2. The Balaban J connectivity index is 2.56. The van der Waals surface area contributed by atoms with E-state index in [0.29, 0.717) is 17.3 Å². The van der Waals surface area contributed by atoms with Gasteiger partial charge in [-0.15, -0.1) is 0 Å². The molecule has 0 bridgehead atoms. The smallest absolute Gasteiger partial charge is 0.160 e. The first-order valence-electron chi connectivity index (χ1n) is 4.20. The van der Waals surface area contributed by atoms with Crippen molar-refractivity contribution >= 4 is 22.6 Å². The molecule has 0 spiro atoms. The first kappa shape index (κ1) is 9.37. The molecule has 0 radical (unpaired) electrons. The highest BCUT2D eigenvalue weighted by Crippen LogP contribution is 2.19. The van der Waals surface area contributed by atoms with E-state index in [2.05, 4.69) is 9.97 Å². The molecule has 0 fully saturated rings. The number of methoxy groups -OCH3 is 1. The van der Waals surface area contributed by atoms with Crippen LogP contribution in [-0.2, 0) is 11.3 Å². The second kappa shape index (κ2) is 3.90. The lowest BCUT2D eigenvalue weighted by Gasteiger charge is -2.01. The molecule has 72 valence electrons. The van der Waals surface area contributed by atoms with Crippen molar-refractivity contribution in [3.63, 3.8) is 0 Å². The Hall–Kier alpha value is -1.19. The van der Waals surface area contributed by atoms with Gasteiger partial charge in [0.2, 0.25) is 0 Å². The van der Waals surface area contributed by atoms with E-state index in [0.717, 1.165) is 11.1 Å². The molecule has 0 N–H and O–H groups in total. The SMILES string of the molecule is COCc1ccc2c(Cl)ccnc2n1. The van der Waals surface area contributed by atoms with Crippen LogP contribution in [0.15, 0.2) is 24.4 Å². The first-order valence-corrected chi connectivity index (χ1v) is 4.58. The van der Waals surface area contributed by atoms with Crippen molar-refractivity contribution in [2.45, 2.75) is 6.61 Å². The molecule has 0 aliphatic rings. The van der Waals surface area contributed by atoms with Gasteiger partial charge in [-0.2, -0.15) is 0 Å². The van der Waals surface area contributed by atoms with Gasteiger partial charge in [-0.1, -0.05) is 11.6 Å². The van der Waals surface area contributed by atoms with E-state index in [-0.39, 0.29) is 0 Å². The van der Waals surface area contributed by atoms with Crippen molar-refractivity contribution in [1.29, 1.82) is 0 Å². The molecule has 0 aromatic carbocycles. The first-order chi connectivity index (χ1) is 6.81. The zero-order chi connectivity index (χ0) is 9.97. The predicted molar refractivity (Wildman–Crippen MR) is 55.3 cm³/mol. The third-order valence-corrected chi connectivity index (χ3v) is 2.23. The maximum atomic E-state index is 5.98. The minimum absolute atomic E-state index is 0.490. The topological polar surface area (TPSA) is 35.0 Å². The van der Waals surface area contributed by atoms with Crippen molar-refractivity contribution < 1.29 is 4.74 Å². The molecule has 0 aliphatic carbocycles. The summed E-state index contributed by atoms with van der Waals surface area (Å²) in [7, 11) is 1.64. The van der Waals surface area contributed by atoms with Gasteiger partial charge in [-0.25, -0.2) is 9.97 Å². The van der Waals surface area contributed by atoms with Crippen LogP contribution in [-0.4, -0.2) is 17.1 Å². The molecule has 2 heterocycles. The molecule has 2 rings (SSSR count). The molecular weight excluding hydrogens is 200 g/mol. The third kappa shape index (κ3) is 1.69. The van der Waals surface area contributed by atoms with Crippen LogP contribution in [0, 0.1) is 0 Å². The number of aromatic nitrogens is 2. The lowest BCUT2D eigenvalue weighted by molar-refractivity contribution is 0.182. The molecule has 14 heavy (non-hydrogen) atoms. The Morgan fingerprint density at radius 2 is 2.21 bits per heavy atom. The van der Waals surface area contributed by atoms with Crippen LogP contribution < -0.4 is 0 Å². The number of fused-ring (bicyclic) bond motifs is 1. The van der Waals surface area contributed by atoms with E-state index in [1.54, 1.807) is 19.4 Å². The Morgan fingerprint density at radius 3 is 3.00 bits per heavy atom. The fourth-order valence-electron chi connectivity index (χ4n) is 1.26. The van der Waals surface area contributed by atoms with Gasteiger partial charge in [0.1, 0.15) is 0 Å². The maximum Gasteiger partial charge on any atom is 0.160 e. The highest BCUT2D eigenvalue weighted by Gasteiger charge is 2.01. The van der Waals surface area contributed by atoms with Crippen LogP contribution in [0.25, 0.3) is 11.0 Å². The number of pyridine rings is 2. The van der Waals surface area contributed by atoms with Crippen molar-refractivity contribution in [3.05, 3.63) is 35.1 Å². The van der Waals surface area contributed by atoms with E-state index < -0.39 is 0 Å². The van der Waals surface area contributed by atoms with Gasteiger partial charge in [0.05, 0.1) is 17.3 Å². The number of rotatable bonds is 2. The van der Waals surface area contributed by atoms with E-state index in [9.17, 15) is 0 Å². The monoisotopic (exact) mass is 208 g/mol. The van der Waals surface area contributed by atoms with Gasteiger partial charge in [0.25, 0.3) is 0 Å². The van der Waals surface area contributed by atoms with Crippen LogP contribution >= 0.6 is 11.6 Å². The molecule has 4 heteroatoms. The second-order valence-electron chi connectivity index (χ2n) is 2.90. The summed E-state index contributed by atoms with van der Waals surface area (Å²) in [6.07, 6.45) is 1.65. The minimum atomic E-state index is 0.490. The fraction of sp³-hybridized carbons (Fsp3) is 0.200. The van der Waals surface area contributed by atoms with Crippen molar-refractivity contribution in [1.82, 2.24) is 9.97 Å². The summed E-state index contributed by atoms with van der Waals surface area (Å²) < 4.78 is 4.98. The van der Waals surface area contributed by atoms with Crippen LogP contribution in [0.2, 0.25) is 5.02 Å². The molecule has 0 saturated carbocycles. The number of halogens is 1. The standard InChI is InChI=1S/C10H9ClN2O/c1-14-6-7-2-3-8-9(11)4-5-12-10(8)13-7/h2-5H,6H2,1H3. The van der Waals surface area contributed by atoms with E-state index >= 15 is 0 Å². The van der Waals surface area contributed by atoms with Crippen molar-refractivity contribution in [2.24, 2.45) is 0 Å². The Bertz CT molecular complexity index is 459. The Kier molecular flexibility index (Phi) is 2.61. The van der Waals surface area contributed by atoms with Crippen molar-refractivity contribution in [2.75, 3.05) is 7.11 Å². The normalized spacial score (nSPS) is 10.7. The van der Waals surface area contributed by atoms with Crippen LogP contribution in [0.4, 0.5) is 0 Å². The molecular formula is C10H9ClN2O. The summed E-state index contributed by atoms with van der Waals surface area (Å²) in [5, 5.41) is 1.54. The highest BCUT2D eigenvalue weighted by molar-refractivity contribution is 6.35. The summed E-state index contributed by atoms with van der Waals surface area (Å²) in [5.74, 6) is 0. The van der Waals surface area contributed by atoms with Gasteiger partial charge in [0, 0.05) is 18.7 Å². The van der Waals surface area contributed by atoms with E-state index in [4.69, 9.17) is 16.3 Å². The van der Waals surface area contributed by atoms with Gasteiger partial charge in [-0.3, -0.25) is 0 Å². The lowest BCUT2D eigenvalue weighted by Crippen LogP contribution is -1.93. The summed E-state index contributed by atoms with van der Waals surface area (Å²) in [6.45, 7) is 0.490. The van der Waals surface area contributed by atoms with E-state index in [1.165, 1.54) is 0 Å². The van der Waals surface area contributed by atoms with Crippen molar-refractivity contribution in [3.8, 4) is 0 Å². The highest BCUT2D eigenvalue weighted by atomic mass is 35.5. The van der Waals surface area contributed by atoms with Gasteiger partial charge >= 0.3 is 0 Å². The molecule has 0 amide bonds. The van der Waals surface area contributed by atoms with Gasteiger partial charge in [-0.05, 0) is 18.2 Å². The molecule has 2 aromatic heterocycles. The summed E-state index contributed by atoms with van der Waals surface area (Å²) in [6, 6.07) is 5.55.